The molecule has 0 aliphatic carbocycles. The van der Waals surface area contributed by atoms with Crippen molar-refractivity contribution in [3.8, 4) is 0 Å². The number of nitrogens with zero attached hydrogens (tertiary/aromatic N) is 3. The molecule has 0 aromatic carbocycles. The number of nitrogens with one attached hydrogen (secondary N) is 1. The molecular weight excluding hydrogens is 332 g/mol. The molecule has 0 radical (unpaired) electrons. The fraction of sp³-hybridized carbons (Fsp3) is 0.667. The maximum Gasteiger partial charge on any atom is 0.259 e. The molecule has 0 bridgehead atoms. The number of rotatable bonds is 12. The summed E-state index contributed by atoms with van der Waals surface area (Å²) in [4.78, 5) is 16.4. The Morgan fingerprint density at radius 3 is 2.88 bits per heavy atom. The maximum atomic E-state index is 10.6. The normalized spacial score (nSPS) is 11.9. The minimum atomic E-state index is -0.410. The zero-order valence-corrected chi connectivity index (χ0v) is 15.0. The van der Waals surface area contributed by atoms with E-state index in [1.54, 1.807) is 11.8 Å². The van der Waals surface area contributed by atoms with Crippen molar-refractivity contribution in [2.45, 2.75) is 18.7 Å². The molecule has 0 aliphatic rings. The van der Waals surface area contributed by atoms with Crippen LogP contribution in [0.25, 0.3) is 0 Å². The average Bonchev–Trinajstić information content (AvgIpc) is 2.93. The molecule has 24 heavy (non-hydrogen) atoms. The van der Waals surface area contributed by atoms with Gasteiger partial charge in [0.2, 0.25) is 0 Å². The summed E-state index contributed by atoms with van der Waals surface area (Å²) in [5.74, 6) is 3.79. The molecule has 0 saturated carbocycles. The number of furan rings is 1. The first-order valence-electron chi connectivity index (χ1n) is 7.81. The standard InChI is InChI=1S/C15H26N4O4S/c1-18(2)10-13-4-5-14(23-13)12-24-9-7-17-15(11-19(21)22)16-6-3-8-20/h4-5,20H,3,6-12H2,1-2H3,(H,16,17). The van der Waals surface area contributed by atoms with Gasteiger partial charge in [-0.2, -0.15) is 11.8 Å². The summed E-state index contributed by atoms with van der Waals surface area (Å²) < 4.78 is 5.72. The molecule has 0 amide bonds. The van der Waals surface area contributed by atoms with Crippen molar-refractivity contribution in [2.24, 2.45) is 4.99 Å². The molecule has 0 fully saturated rings. The zero-order valence-electron chi connectivity index (χ0n) is 14.2. The Morgan fingerprint density at radius 1 is 1.46 bits per heavy atom. The highest BCUT2D eigenvalue weighted by Gasteiger charge is 2.07. The van der Waals surface area contributed by atoms with E-state index in [9.17, 15) is 10.1 Å². The third-order valence-corrected chi connectivity index (χ3v) is 3.89. The van der Waals surface area contributed by atoms with E-state index in [2.05, 4.69) is 10.3 Å². The van der Waals surface area contributed by atoms with Crippen LogP contribution in [0.1, 0.15) is 17.9 Å². The van der Waals surface area contributed by atoms with Gasteiger partial charge in [-0.3, -0.25) is 15.1 Å². The summed E-state index contributed by atoms with van der Waals surface area (Å²) in [6, 6.07) is 3.96. The number of nitro groups is 1. The fourth-order valence-corrected chi connectivity index (χ4v) is 2.65. The first-order chi connectivity index (χ1) is 11.5. The average molecular weight is 358 g/mol. The van der Waals surface area contributed by atoms with Crippen LogP contribution in [0.4, 0.5) is 0 Å². The van der Waals surface area contributed by atoms with Gasteiger partial charge in [0.1, 0.15) is 11.5 Å². The molecule has 1 aromatic rings. The molecule has 9 heteroatoms. The monoisotopic (exact) mass is 358 g/mol. The highest BCUT2D eigenvalue weighted by molar-refractivity contribution is 7.98. The largest absolute Gasteiger partial charge is 0.464 e. The molecule has 0 spiro atoms. The van der Waals surface area contributed by atoms with Crippen LogP contribution in [0.15, 0.2) is 21.5 Å². The van der Waals surface area contributed by atoms with E-state index in [4.69, 9.17) is 9.52 Å². The van der Waals surface area contributed by atoms with E-state index < -0.39 is 4.92 Å². The van der Waals surface area contributed by atoms with E-state index in [0.29, 0.717) is 25.3 Å². The second-order valence-corrected chi connectivity index (χ2v) is 6.59. The van der Waals surface area contributed by atoms with Crippen LogP contribution in [-0.4, -0.2) is 66.9 Å². The van der Waals surface area contributed by atoms with E-state index in [-0.39, 0.29) is 13.2 Å². The lowest BCUT2D eigenvalue weighted by molar-refractivity contribution is -0.463. The zero-order chi connectivity index (χ0) is 17.8. The minimum Gasteiger partial charge on any atom is -0.464 e. The predicted octanol–water partition coefficient (Wildman–Crippen LogP) is 1.22. The Labute approximate surface area is 146 Å². The van der Waals surface area contributed by atoms with E-state index >= 15 is 0 Å². The van der Waals surface area contributed by atoms with Crippen molar-refractivity contribution in [1.29, 1.82) is 0 Å². The first-order valence-corrected chi connectivity index (χ1v) is 8.96. The van der Waals surface area contributed by atoms with Crippen LogP contribution < -0.4 is 5.32 Å². The van der Waals surface area contributed by atoms with E-state index in [1.807, 2.05) is 31.1 Å². The fourth-order valence-electron chi connectivity index (χ4n) is 1.91. The molecule has 1 heterocycles. The van der Waals surface area contributed by atoms with Gasteiger partial charge < -0.3 is 19.7 Å². The van der Waals surface area contributed by atoms with Gasteiger partial charge in [0, 0.05) is 30.4 Å². The third-order valence-electron chi connectivity index (χ3n) is 2.91. The van der Waals surface area contributed by atoms with Crippen LogP contribution in [0.3, 0.4) is 0 Å². The smallest absolute Gasteiger partial charge is 0.259 e. The van der Waals surface area contributed by atoms with Gasteiger partial charge in [-0.1, -0.05) is 0 Å². The maximum absolute atomic E-state index is 10.6. The third kappa shape index (κ3) is 9.53. The number of aliphatic imine (C=N–C) groups is 1. The highest BCUT2D eigenvalue weighted by atomic mass is 32.2. The number of aliphatic hydroxyl groups excluding tert-OH is 1. The van der Waals surface area contributed by atoms with Crippen molar-refractivity contribution in [3.63, 3.8) is 0 Å². The number of amidine groups is 1. The number of thioether (sulfide) groups is 1. The van der Waals surface area contributed by atoms with Gasteiger partial charge in [0.25, 0.3) is 6.54 Å². The Morgan fingerprint density at radius 2 is 2.21 bits per heavy atom. The lowest BCUT2D eigenvalue weighted by Crippen LogP contribution is -2.32. The van der Waals surface area contributed by atoms with Crippen LogP contribution in [-0.2, 0) is 12.3 Å². The minimum absolute atomic E-state index is 0.0318. The number of aliphatic hydroxyl groups is 1. The summed E-state index contributed by atoms with van der Waals surface area (Å²) in [6.07, 6.45) is 0.505. The lowest BCUT2D eigenvalue weighted by atomic mass is 10.4. The molecule has 8 nitrogen and oxygen atoms in total. The van der Waals surface area contributed by atoms with Crippen LogP contribution in [0.2, 0.25) is 0 Å². The van der Waals surface area contributed by atoms with Crippen molar-refractivity contribution >= 4 is 17.6 Å². The topological polar surface area (TPSA) is 104 Å². The summed E-state index contributed by atoms with van der Waals surface area (Å²) in [6.45, 7) is 1.48. The highest BCUT2D eigenvalue weighted by Crippen LogP contribution is 2.15. The second kappa shape index (κ2) is 11.9. The summed E-state index contributed by atoms with van der Waals surface area (Å²) in [5, 5.41) is 22.3. The lowest BCUT2D eigenvalue weighted by Gasteiger charge is -2.07. The SMILES string of the molecule is CN(C)Cc1ccc(CSCCNC(C[N+](=O)[O-])=NCCCO)o1. The van der Waals surface area contributed by atoms with Gasteiger partial charge in [0.05, 0.1) is 12.3 Å². The molecule has 0 unspecified atom stereocenters. The van der Waals surface area contributed by atoms with Crippen molar-refractivity contribution < 1.29 is 14.4 Å². The molecule has 1 rings (SSSR count). The van der Waals surface area contributed by atoms with E-state index in [1.165, 1.54) is 0 Å². The molecular formula is C15H26N4O4S. The van der Waals surface area contributed by atoms with Crippen molar-refractivity contribution in [2.75, 3.05) is 46.1 Å². The van der Waals surface area contributed by atoms with E-state index in [0.717, 1.165) is 29.6 Å². The first kappa shape index (κ1) is 20.5. The predicted molar refractivity (Wildman–Crippen MR) is 96.1 cm³/mol. The molecule has 0 saturated heterocycles. The summed E-state index contributed by atoms with van der Waals surface area (Å²) in [5.41, 5.74) is 0. The van der Waals surface area contributed by atoms with Gasteiger partial charge in [-0.05, 0) is 32.6 Å². The molecule has 0 aliphatic heterocycles. The van der Waals surface area contributed by atoms with Gasteiger partial charge >= 0.3 is 0 Å². The van der Waals surface area contributed by atoms with Crippen LogP contribution in [0.5, 0.6) is 0 Å². The number of hydrogen-bond donors (Lipinski definition) is 2. The Hall–Kier alpha value is -1.58. The summed E-state index contributed by atoms with van der Waals surface area (Å²) in [7, 11) is 3.99. The van der Waals surface area contributed by atoms with Crippen molar-refractivity contribution in [1.82, 2.24) is 10.2 Å². The summed E-state index contributed by atoms with van der Waals surface area (Å²) >= 11 is 1.69. The molecule has 0 atom stereocenters. The Bertz CT molecular complexity index is 519. The quantitative estimate of drug-likeness (QED) is 0.190. The Kier molecular flexibility index (Phi) is 10.1. The molecule has 136 valence electrons. The van der Waals surface area contributed by atoms with Gasteiger partial charge in [0.15, 0.2) is 5.84 Å². The van der Waals surface area contributed by atoms with Crippen molar-refractivity contribution in [3.05, 3.63) is 33.8 Å². The molecule has 1 aromatic heterocycles. The van der Waals surface area contributed by atoms with Crippen LogP contribution in [0, 0.1) is 10.1 Å². The second-order valence-electron chi connectivity index (χ2n) is 5.48. The Balaban J connectivity index is 2.26. The molecule has 2 N–H and O–H groups in total. The van der Waals surface area contributed by atoms with Gasteiger partial charge in [-0.25, -0.2) is 0 Å². The van der Waals surface area contributed by atoms with Gasteiger partial charge in [-0.15, -0.1) is 0 Å². The number of hydrogen-bond acceptors (Lipinski definition) is 7. The van der Waals surface area contributed by atoms with Crippen LogP contribution >= 0.6 is 11.8 Å².